The van der Waals surface area contributed by atoms with E-state index in [0.717, 1.165) is 22.6 Å². The molecule has 0 radical (unpaired) electrons. The van der Waals surface area contributed by atoms with Gasteiger partial charge >= 0.3 is 0 Å². The van der Waals surface area contributed by atoms with Crippen molar-refractivity contribution in [2.24, 2.45) is 0 Å². The Kier molecular flexibility index (Phi) is 1.47. The molecule has 0 atom stereocenters. The quantitative estimate of drug-likeness (QED) is 0.626. The molecule has 0 saturated carbocycles. The maximum Gasteiger partial charge on any atom is 0.0865 e. The first kappa shape index (κ1) is 7.10. The summed E-state index contributed by atoms with van der Waals surface area (Å²) in [6.45, 7) is 5.84. The van der Waals surface area contributed by atoms with Crippen molar-refractivity contribution in [2.75, 3.05) is 5.32 Å². The lowest BCUT2D eigenvalue weighted by atomic mass is 10.1. The van der Waals surface area contributed by atoms with Gasteiger partial charge in [-0.1, -0.05) is 6.58 Å². The Hall–Kier alpha value is -1.57. The van der Waals surface area contributed by atoms with Gasteiger partial charge in [0.2, 0.25) is 0 Å². The van der Waals surface area contributed by atoms with Crippen LogP contribution in [0.4, 0.5) is 5.69 Å². The number of nitrogens with zero attached hydrogens (tertiary/aromatic N) is 1. The Balaban J connectivity index is 2.54. The maximum atomic E-state index is 4.26. The van der Waals surface area contributed by atoms with E-state index in [1.165, 1.54) is 0 Å². The van der Waals surface area contributed by atoms with Gasteiger partial charge in [-0.3, -0.25) is 4.98 Å². The van der Waals surface area contributed by atoms with Gasteiger partial charge in [-0.25, -0.2) is 0 Å². The average Bonchev–Trinajstić information content (AvgIpc) is 2.03. The van der Waals surface area contributed by atoms with E-state index in [2.05, 4.69) is 22.9 Å². The van der Waals surface area contributed by atoms with Gasteiger partial charge in [0.15, 0.2) is 0 Å². The lowest BCUT2D eigenvalue weighted by molar-refractivity contribution is 1.22. The molecule has 12 heavy (non-hydrogen) atoms. The molecule has 1 aliphatic rings. The van der Waals surface area contributed by atoms with E-state index in [0.29, 0.717) is 0 Å². The van der Waals surface area contributed by atoms with E-state index in [1.807, 2.05) is 25.3 Å². The highest BCUT2D eigenvalue weighted by molar-refractivity contribution is 5.72. The lowest BCUT2D eigenvalue weighted by Gasteiger charge is -2.13. The monoisotopic (exact) mass is 158 g/mol. The van der Waals surface area contributed by atoms with E-state index in [1.54, 1.807) is 0 Å². The normalized spacial score (nSPS) is 13.9. The van der Waals surface area contributed by atoms with Gasteiger partial charge in [-0.05, 0) is 30.7 Å². The molecule has 60 valence electrons. The molecule has 1 aromatic rings. The summed E-state index contributed by atoms with van der Waals surface area (Å²) in [5.74, 6) is 0. The third-order valence-electron chi connectivity index (χ3n) is 1.79. The van der Waals surface area contributed by atoms with Gasteiger partial charge in [0, 0.05) is 11.9 Å². The molecule has 0 saturated heterocycles. The Morgan fingerprint density at radius 3 is 3.08 bits per heavy atom. The lowest BCUT2D eigenvalue weighted by Crippen LogP contribution is -2.03. The maximum absolute atomic E-state index is 4.26. The minimum absolute atomic E-state index is 0.912. The van der Waals surface area contributed by atoms with Gasteiger partial charge in [0.05, 0.1) is 11.4 Å². The highest BCUT2D eigenvalue weighted by Gasteiger charge is 2.05. The fourth-order valence-electron chi connectivity index (χ4n) is 1.21. The number of hydrogen-bond acceptors (Lipinski definition) is 2. The van der Waals surface area contributed by atoms with Crippen molar-refractivity contribution in [2.45, 2.75) is 6.92 Å². The van der Waals surface area contributed by atoms with Crippen molar-refractivity contribution in [3.63, 3.8) is 0 Å². The first-order valence-corrected chi connectivity index (χ1v) is 3.86. The van der Waals surface area contributed by atoms with Crippen molar-refractivity contribution in [1.29, 1.82) is 0 Å². The van der Waals surface area contributed by atoms with E-state index >= 15 is 0 Å². The predicted molar refractivity (Wildman–Crippen MR) is 50.8 cm³/mol. The van der Waals surface area contributed by atoms with Gasteiger partial charge < -0.3 is 5.32 Å². The van der Waals surface area contributed by atoms with Crippen LogP contribution in [0.3, 0.4) is 0 Å². The third kappa shape index (κ3) is 1.11. The molecule has 0 spiro atoms. The van der Waals surface area contributed by atoms with E-state index in [9.17, 15) is 0 Å². The Labute approximate surface area is 71.6 Å². The molecular formula is C10H10N2. The van der Waals surface area contributed by atoms with Crippen molar-refractivity contribution < 1.29 is 0 Å². The van der Waals surface area contributed by atoms with Gasteiger partial charge in [-0.2, -0.15) is 0 Å². The summed E-state index contributed by atoms with van der Waals surface area (Å²) in [5, 5.41) is 3.16. The van der Waals surface area contributed by atoms with E-state index in [4.69, 9.17) is 0 Å². The Bertz CT molecular complexity index is 364. The number of aryl methyl sites for hydroxylation is 1. The van der Waals surface area contributed by atoms with Crippen molar-refractivity contribution in [1.82, 2.24) is 4.98 Å². The largest absolute Gasteiger partial charge is 0.354 e. The number of allylic oxidation sites excluding steroid dienone is 1. The van der Waals surface area contributed by atoms with Crippen LogP contribution in [-0.4, -0.2) is 4.98 Å². The number of aromatic nitrogens is 1. The van der Waals surface area contributed by atoms with Crippen LogP contribution in [0.5, 0.6) is 0 Å². The third-order valence-corrected chi connectivity index (χ3v) is 1.79. The number of anilines is 1. The van der Waals surface area contributed by atoms with Crippen molar-refractivity contribution in [3.05, 3.63) is 41.9 Å². The second-order valence-corrected chi connectivity index (χ2v) is 2.93. The second kappa shape index (κ2) is 2.48. The van der Waals surface area contributed by atoms with Crippen LogP contribution in [0.2, 0.25) is 0 Å². The molecule has 0 unspecified atom stereocenters. The zero-order valence-corrected chi connectivity index (χ0v) is 6.96. The number of hydrogen-bond donors (Lipinski definition) is 1. The first-order valence-electron chi connectivity index (χ1n) is 3.86. The van der Waals surface area contributed by atoms with Crippen LogP contribution >= 0.6 is 0 Å². The topological polar surface area (TPSA) is 24.9 Å². The van der Waals surface area contributed by atoms with E-state index < -0.39 is 0 Å². The van der Waals surface area contributed by atoms with Gasteiger partial charge in [0.25, 0.3) is 0 Å². The SMILES string of the molecule is C=C1C=Cc2ncc(C)cc2N1. The standard InChI is InChI=1S/C10H10N2/c1-7-5-10-9(11-6-7)4-3-8(2)12-10/h3-6,12H,2H2,1H3. The van der Waals surface area contributed by atoms with Crippen LogP contribution in [0.1, 0.15) is 11.3 Å². The van der Waals surface area contributed by atoms with Crippen LogP contribution in [0, 0.1) is 6.92 Å². The molecule has 2 heterocycles. The Morgan fingerprint density at radius 1 is 1.42 bits per heavy atom. The Morgan fingerprint density at radius 2 is 2.25 bits per heavy atom. The molecule has 2 rings (SSSR count). The van der Waals surface area contributed by atoms with Crippen LogP contribution in [-0.2, 0) is 0 Å². The first-order chi connectivity index (χ1) is 5.75. The second-order valence-electron chi connectivity index (χ2n) is 2.93. The summed E-state index contributed by atoms with van der Waals surface area (Å²) < 4.78 is 0. The number of rotatable bonds is 0. The summed E-state index contributed by atoms with van der Waals surface area (Å²) in [4.78, 5) is 4.26. The van der Waals surface area contributed by atoms with Crippen molar-refractivity contribution >= 4 is 11.8 Å². The summed E-state index contributed by atoms with van der Waals surface area (Å²) in [6, 6.07) is 2.07. The number of nitrogens with one attached hydrogen (secondary N) is 1. The average molecular weight is 158 g/mol. The molecule has 0 bridgehead atoms. The van der Waals surface area contributed by atoms with Crippen molar-refractivity contribution in [3.8, 4) is 0 Å². The molecule has 2 heteroatoms. The van der Waals surface area contributed by atoms with Gasteiger partial charge in [0.1, 0.15) is 0 Å². The van der Waals surface area contributed by atoms with Crippen LogP contribution in [0.15, 0.2) is 30.6 Å². The minimum atomic E-state index is 0.912. The molecular weight excluding hydrogens is 148 g/mol. The van der Waals surface area contributed by atoms with Crippen LogP contribution < -0.4 is 5.32 Å². The summed E-state index contributed by atoms with van der Waals surface area (Å²) in [5.41, 5.74) is 4.09. The minimum Gasteiger partial charge on any atom is -0.354 e. The molecule has 1 aromatic heterocycles. The zero-order valence-electron chi connectivity index (χ0n) is 6.96. The number of fused-ring (bicyclic) bond motifs is 1. The highest BCUT2D eigenvalue weighted by Crippen LogP contribution is 2.22. The molecule has 0 fully saturated rings. The number of pyridine rings is 1. The molecule has 0 aliphatic carbocycles. The smallest absolute Gasteiger partial charge is 0.0865 e. The summed E-state index contributed by atoms with van der Waals surface area (Å²) in [6.07, 6.45) is 5.75. The highest BCUT2D eigenvalue weighted by atomic mass is 14.9. The molecule has 2 nitrogen and oxygen atoms in total. The fraction of sp³-hybridized carbons (Fsp3) is 0.100. The molecule has 0 amide bonds. The zero-order chi connectivity index (χ0) is 8.55. The molecule has 1 aliphatic heterocycles. The van der Waals surface area contributed by atoms with Crippen LogP contribution in [0.25, 0.3) is 6.08 Å². The van der Waals surface area contributed by atoms with Gasteiger partial charge in [-0.15, -0.1) is 0 Å². The predicted octanol–water partition coefficient (Wildman–Crippen LogP) is 2.34. The summed E-state index contributed by atoms with van der Waals surface area (Å²) >= 11 is 0. The molecule has 0 aromatic carbocycles. The fourth-order valence-corrected chi connectivity index (χ4v) is 1.21. The van der Waals surface area contributed by atoms with E-state index in [-0.39, 0.29) is 0 Å². The summed E-state index contributed by atoms with van der Waals surface area (Å²) in [7, 11) is 0. The molecule has 1 N–H and O–H groups in total.